The molecule has 2 rings (SSSR count). The maximum atomic E-state index is 5.87. The van der Waals surface area contributed by atoms with Crippen LogP contribution in [0.25, 0.3) is 0 Å². The fourth-order valence-corrected chi connectivity index (χ4v) is 1.92. The van der Waals surface area contributed by atoms with E-state index in [1.165, 1.54) is 12.8 Å². The molecule has 2 N–H and O–H groups in total. The molecule has 2 nitrogen and oxygen atoms in total. The Bertz CT molecular complexity index is 336. The van der Waals surface area contributed by atoms with Gasteiger partial charge in [-0.05, 0) is 44.0 Å². The van der Waals surface area contributed by atoms with Crippen LogP contribution in [0.2, 0.25) is 5.02 Å². The first kappa shape index (κ1) is 10.8. The summed E-state index contributed by atoms with van der Waals surface area (Å²) in [6, 6.07) is 7.53. The number of ether oxygens (including phenoxy) is 1. The van der Waals surface area contributed by atoms with E-state index in [9.17, 15) is 0 Å². The van der Waals surface area contributed by atoms with Crippen molar-refractivity contribution < 1.29 is 4.74 Å². The van der Waals surface area contributed by atoms with Gasteiger partial charge in [-0.25, -0.2) is 0 Å². The van der Waals surface area contributed by atoms with Crippen molar-refractivity contribution in [2.24, 2.45) is 11.1 Å². The molecular weight excluding hydrogens is 210 g/mol. The molecule has 15 heavy (non-hydrogen) atoms. The number of hydrogen-bond acceptors (Lipinski definition) is 2. The van der Waals surface area contributed by atoms with Gasteiger partial charge in [0.15, 0.2) is 0 Å². The normalized spacial score (nSPS) is 17.5. The first-order valence-electron chi connectivity index (χ1n) is 5.33. The summed E-state index contributed by atoms with van der Waals surface area (Å²) in [4.78, 5) is 0. The van der Waals surface area contributed by atoms with Gasteiger partial charge < -0.3 is 10.5 Å². The molecule has 0 spiro atoms. The van der Waals surface area contributed by atoms with Gasteiger partial charge in [0, 0.05) is 10.4 Å². The summed E-state index contributed by atoms with van der Waals surface area (Å²) in [7, 11) is 0. The summed E-state index contributed by atoms with van der Waals surface area (Å²) < 4.78 is 5.73. The zero-order chi connectivity index (χ0) is 10.7. The molecule has 82 valence electrons. The fourth-order valence-electron chi connectivity index (χ4n) is 1.74. The molecule has 0 bridgehead atoms. The van der Waals surface area contributed by atoms with E-state index in [4.69, 9.17) is 22.1 Å². The topological polar surface area (TPSA) is 35.2 Å². The van der Waals surface area contributed by atoms with E-state index >= 15 is 0 Å². The molecule has 1 fully saturated rings. The van der Waals surface area contributed by atoms with E-state index in [1.807, 2.05) is 24.3 Å². The third-order valence-corrected chi connectivity index (χ3v) is 3.21. The highest BCUT2D eigenvalue weighted by atomic mass is 35.5. The number of hydrogen-bond donors (Lipinski definition) is 1. The molecule has 1 saturated carbocycles. The third kappa shape index (κ3) is 2.86. The first-order valence-corrected chi connectivity index (χ1v) is 5.70. The van der Waals surface area contributed by atoms with Crippen molar-refractivity contribution in [3.8, 4) is 5.75 Å². The van der Waals surface area contributed by atoms with Gasteiger partial charge in [-0.3, -0.25) is 0 Å². The second-order valence-electron chi connectivity index (χ2n) is 4.28. The van der Waals surface area contributed by atoms with Gasteiger partial charge in [-0.2, -0.15) is 0 Å². The highest BCUT2D eigenvalue weighted by Gasteiger charge is 2.42. The second-order valence-corrected chi connectivity index (χ2v) is 4.72. The monoisotopic (exact) mass is 225 g/mol. The largest absolute Gasteiger partial charge is 0.493 e. The minimum atomic E-state index is 0.358. The van der Waals surface area contributed by atoms with Gasteiger partial charge in [-0.1, -0.05) is 17.7 Å². The van der Waals surface area contributed by atoms with Crippen LogP contribution in [0.1, 0.15) is 19.3 Å². The van der Waals surface area contributed by atoms with Gasteiger partial charge in [-0.15, -0.1) is 0 Å². The SMILES string of the molecule is NCCC1(COc2cccc(Cl)c2)CC1. The zero-order valence-corrected chi connectivity index (χ0v) is 9.46. The summed E-state index contributed by atoms with van der Waals surface area (Å²) in [5, 5.41) is 0.719. The molecule has 1 aromatic carbocycles. The van der Waals surface area contributed by atoms with Gasteiger partial charge in [0.1, 0.15) is 5.75 Å². The first-order chi connectivity index (χ1) is 7.24. The minimum Gasteiger partial charge on any atom is -0.493 e. The van der Waals surface area contributed by atoms with Crippen LogP contribution in [-0.4, -0.2) is 13.2 Å². The molecule has 0 radical (unpaired) electrons. The van der Waals surface area contributed by atoms with Crippen molar-refractivity contribution in [3.05, 3.63) is 29.3 Å². The van der Waals surface area contributed by atoms with Crippen molar-refractivity contribution >= 4 is 11.6 Å². The molecule has 1 aliphatic carbocycles. The summed E-state index contributed by atoms with van der Waals surface area (Å²) >= 11 is 5.87. The summed E-state index contributed by atoms with van der Waals surface area (Å²) in [5.74, 6) is 0.853. The Morgan fingerprint density at radius 1 is 1.40 bits per heavy atom. The maximum Gasteiger partial charge on any atom is 0.120 e. The van der Waals surface area contributed by atoms with Crippen molar-refractivity contribution in [3.63, 3.8) is 0 Å². The quantitative estimate of drug-likeness (QED) is 0.837. The van der Waals surface area contributed by atoms with Gasteiger partial charge >= 0.3 is 0 Å². The van der Waals surface area contributed by atoms with Crippen molar-refractivity contribution in [2.45, 2.75) is 19.3 Å². The molecule has 0 amide bonds. The Kier molecular flexibility index (Phi) is 3.17. The number of benzene rings is 1. The minimum absolute atomic E-state index is 0.358. The smallest absolute Gasteiger partial charge is 0.120 e. The van der Waals surface area contributed by atoms with Crippen molar-refractivity contribution in [1.29, 1.82) is 0 Å². The molecule has 1 aromatic rings. The molecule has 0 unspecified atom stereocenters. The van der Waals surface area contributed by atoms with Gasteiger partial charge in [0.05, 0.1) is 6.61 Å². The Balaban J connectivity index is 1.88. The third-order valence-electron chi connectivity index (χ3n) is 2.97. The lowest BCUT2D eigenvalue weighted by molar-refractivity contribution is 0.227. The Labute approximate surface area is 95.4 Å². The van der Waals surface area contributed by atoms with E-state index in [0.29, 0.717) is 5.41 Å². The maximum absolute atomic E-state index is 5.87. The van der Waals surface area contributed by atoms with E-state index in [1.54, 1.807) is 0 Å². The highest BCUT2D eigenvalue weighted by Crippen LogP contribution is 2.48. The second kappa shape index (κ2) is 4.42. The predicted molar refractivity (Wildman–Crippen MR) is 62.3 cm³/mol. The molecular formula is C12H16ClNO. The molecule has 0 aromatic heterocycles. The van der Waals surface area contributed by atoms with Crippen LogP contribution < -0.4 is 10.5 Å². The highest BCUT2D eigenvalue weighted by molar-refractivity contribution is 6.30. The summed E-state index contributed by atoms with van der Waals surface area (Å²) in [6.45, 7) is 1.52. The lowest BCUT2D eigenvalue weighted by atomic mass is 10.0. The van der Waals surface area contributed by atoms with Crippen molar-refractivity contribution in [2.75, 3.05) is 13.2 Å². The van der Waals surface area contributed by atoms with Gasteiger partial charge in [0.2, 0.25) is 0 Å². The van der Waals surface area contributed by atoms with Crippen LogP contribution in [0.4, 0.5) is 0 Å². The molecule has 0 aliphatic heterocycles. The van der Waals surface area contributed by atoms with Crippen LogP contribution in [0, 0.1) is 5.41 Å². The van der Waals surface area contributed by atoms with E-state index < -0.39 is 0 Å². The average Bonchev–Trinajstić information content (AvgIpc) is 2.97. The Morgan fingerprint density at radius 2 is 2.20 bits per heavy atom. The van der Waals surface area contributed by atoms with E-state index in [2.05, 4.69) is 0 Å². The Hall–Kier alpha value is -0.730. The van der Waals surface area contributed by atoms with E-state index in [0.717, 1.165) is 30.3 Å². The fraction of sp³-hybridized carbons (Fsp3) is 0.500. The average molecular weight is 226 g/mol. The zero-order valence-electron chi connectivity index (χ0n) is 8.71. The number of rotatable bonds is 5. The lowest BCUT2D eigenvalue weighted by Crippen LogP contribution is -2.17. The lowest BCUT2D eigenvalue weighted by Gasteiger charge is -2.15. The van der Waals surface area contributed by atoms with Crippen LogP contribution in [-0.2, 0) is 0 Å². The standard InChI is InChI=1S/C12H16ClNO/c13-10-2-1-3-11(8-10)15-9-12(4-5-12)6-7-14/h1-3,8H,4-7,9,14H2. The molecule has 0 heterocycles. The van der Waals surface area contributed by atoms with E-state index in [-0.39, 0.29) is 0 Å². The predicted octanol–water partition coefficient (Wildman–Crippen LogP) is 2.85. The Morgan fingerprint density at radius 3 is 2.80 bits per heavy atom. The van der Waals surface area contributed by atoms with Gasteiger partial charge in [0.25, 0.3) is 0 Å². The van der Waals surface area contributed by atoms with Crippen LogP contribution >= 0.6 is 11.6 Å². The molecule has 0 atom stereocenters. The summed E-state index contributed by atoms with van der Waals surface area (Å²) in [5.41, 5.74) is 5.93. The van der Waals surface area contributed by atoms with Crippen LogP contribution in [0.5, 0.6) is 5.75 Å². The van der Waals surface area contributed by atoms with Crippen LogP contribution in [0.3, 0.4) is 0 Å². The molecule has 1 aliphatic rings. The summed E-state index contributed by atoms with van der Waals surface area (Å²) in [6.07, 6.45) is 3.54. The number of halogens is 1. The van der Waals surface area contributed by atoms with Crippen molar-refractivity contribution in [1.82, 2.24) is 0 Å². The molecule has 3 heteroatoms. The molecule has 0 saturated heterocycles. The number of nitrogens with two attached hydrogens (primary N) is 1. The van der Waals surface area contributed by atoms with Crippen LogP contribution in [0.15, 0.2) is 24.3 Å².